The van der Waals surface area contributed by atoms with E-state index in [1.807, 2.05) is 4.90 Å². The highest BCUT2D eigenvalue weighted by molar-refractivity contribution is 7.08. The highest BCUT2D eigenvalue weighted by Crippen LogP contribution is 2.28. The van der Waals surface area contributed by atoms with Crippen LogP contribution in [0.5, 0.6) is 0 Å². The lowest BCUT2D eigenvalue weighted by molar-refractivity contribution is 0.0547. The molecule has 1 amide bonds. The van der Waals surface area contributed by atoms with Gasteiger partial charge in [-0.15, -0.1) is 5.10 Å². The maximum atomic E-state index is 12.8. The summed E-state index contributed by atoms with van der Waals surface area (Å²) < 4.78 is 3.98. The van der Waals surface area contributed by atoms with Crippen molar-refractivity contribution in [1.82, 2.24) is 19.8 Å². The molecule has 2 heterocycles. The summed E-state index contributed by atoms with van der Waals surface area (Å²) in [5.74, 6) is 0.0708. The van der Waals surface area contributed by atoms with Gasteiger partial charge in [0.15, 0.2) is 0 Å². The Kier molecular flexibility index (Phi) is 3.92. The molecular formula is C13H22N4OS. The molecule has 0 aliphatic carbocycles. The van der Waals surface area contributed by atoms with E-state index in [-0.39, 0.29) is 23.4 Å². The molecule has 0 spiro atoms. The number of nitrogens with zero attached hydrogens (tertiary/aromatic N) is 3. The molecule has 1 aromatic rings. The zero-order chi connectivity index (χ0) is 14.2. The van der Waals surface area contributed by atoms with Crippen LogP contribution in [-0.2, 0) is 5.41 Å². The van der Waals surface area contributed by atoms with E-state index < -0.39 is 0 Å². The fourth-order valence-corrected chi connectivity index (χ4v) is 3.29. The Morgan fingerprint density at radius 3 is 2.42 bits per heavy atom. The molecule has 1 fully saturated rings. The molecule has 5 nitrogen and oxygen atoms in total. The van der Waals surface area contributed by atoms with Crippen LogP contribution in [0.1, 0.15) is 50.0 Å². The topological polar surface area (TPSA) is 58.1 Å². The van der Waals surface area contributed by atoms with Gasteiger partial charge >= 0.3 is 0 Å². The van der Waals surface area contributed by atoms with Gasteiger partial charge in [-0.3, -0.25) is 4.79 Å². The molecule has 1 aliphatic rings. The molecule has 2 atom stereocenters. The molecule has 2 unspecified atom stereocenters. The predicted octanol–water partition coefficient (Wildman–Crippen LogP) is 1.66. The fraction of sp³-hybridized carbons (Fsp3) is 0.769. The van der Waals surface area contributed by atoms with Crippen molar-refractivity contribution >= 4 is 17.4 Å². The van der Waals surface area contributed by atoms with Crippen LogP contribution >= 0.6 is 11.5 Å². The summed E-state index contributed by atoms with van der Waals surface area (Å²) in [6.07, 6.45) is 0. The molecular weight excluding hydrogens is 260 g/mol. The fourth-order valence-electron chi connectivity index (χ4n) is 2.47. The highest BCUT2D eigenvalue weighted by atomic mass is 32.1. The van der Waals surface area contributed by atoms with Gasteiger partial charge < -0.3 is 10.2 Å². The SMILES string of the molecule is CC1CNCC(C)N1C(=O)c1snnc1C(C)(C)C. The average Bonchev–Trinajstić information content (AvgIpc) is 2.76. The van der Waals surface area contributed by atoms with Crippen molar-refractivity contribution in [2.45, 2.75) is 52.1 Å². The normalized spacial score (nSPS) is 24.6. The van der Waals surface area contributed by atoms with Crippen LogP contribution in [0.2, 0.25) is 0 Å². The van der Waals surface area contributed by atoms with Gasteiger partial charge in [0.05, 0.1) is 5.69 Å². The molecule has 1 aliphatic heterocycles. The van der Waals surface area contributed by atoms with Crippen molar-refractivity contribution in [3.63, 3.8) is 0 Å². The third-order valence-corrected chi connectivity index (χ3v) is 4.17. The summed E-state index contributed by atoms with van der Waals surface area (Å²) in [4.78, 5) is 15.4. The van der Waals surface area contributed by atoms with Crippen molar-refractivity contribution in [1.29, 1.82) is 0 Å². The maximum absolute atomic E-state index is 12.8. The molecule has 1 saturated heterocycles. The van der Waals surface area contributed by atoms with E-state index in [0.29, 0.717) is 4.88 Å². The molecule has 0 aromatic carbocycles. The Morgan fingerprint density at radius 2 is 1.89 bits per heavy atom. The zero-order valence-corrected chi connectivity index (χ0v) is 13.0. The van der Waals surface area contributed by atoms with E-state index >= 15 is 0 Å². The van der Waals surface area contributed by atoms with Crippen molar-refractivity contribution in [2.24, 2.45) is 0 Å². The van der Waals surface area contributed by atoms with E-state index in [4.69, 9.17) is 0 Å². The van der Waals surface area contributed by atoms with Crippen LogP contribution in [0.4, 0.5) is 0 Å². The number of nitrogens with one attached hydrogen (secondary N) is 1. The molecule has 0 saturated carbocycles. The van der Waals surface area contributed by atoms with Gasteiger partial charge in [0.25, 0.3) is 5.91 Å². The van der Waals surface area contributed by atoms with Crippen LogP contribution < -0.4 is 5.32 Å². The van der Waals surface area contributed by atoms with Gasteiger partial charge in [-0.25, -0.2) is 0 Å². The minimum absolute atomic E-state index is 0.0708. The quantitative estimate of drug-likeness (QED) is 0.851. The summed E-state index contributed by atoms with van der Waals surface area (Å²) in [6, 6.07) is 0.400. The van der Waals surface area contributed by atoms with Gasteiger partial charge in [0.2, 0.25) is 0 Å². The number of carbonyl (C=O) groups excluding carboxylic acids is 1. The van der Waals surface area contributed by atoms with Crippen molar-refractivity contribution in [3.8, 4) is 0 Å². The third-order valence-electron chi connectivity index (χ3n) is 3.46. The van der Waals surface area contributed by atoms with E-state index in [9.17, 15) is 4.79 Å². The van der Waals surface area contributed by atoms with Gasteiger partial charge in [0, 0.05) is 30.6 Å². The Hall–Kier alpha value is -1.01. The molecule has 6 heteroatoms. The van der Waals surface area contributed by atoms with Gasteiger partial charge in [0.1, 0.15) is 4.88 Å². The van der Waals surface area contributed by atoms with Crippen LogP contribution in [0.25, 0.3) is 0 Å². The zero-order valence-electron chi connectivity index (χ0n) is 12.2. The largest absolute Gasteiger partial charge is 0.330 e. The number of piperazine rings is 1. The summed E-state index contributed by atoms with van der Waals surface area (Å²) in [7, 11) is 0. The predicted molar refractivity (Wildman–Crippen MR) is 76.6 cm³/mol. The highest BCUT2D eigenvalue weighted by Gasteiger charge is 2.34. The van der Waals surface area contributed by atoms with Gasteiger partial charge in [-0.1, -0.05) is 25.3 Å². The second kappa shape index (κ2) is 5.17. The Labute approximate surface area is 118 Å². The van der Waals surface area contributed by atoms with E-state index in [0.717, 1.165) is 18.8 Å². The average molecular weight is 282 g/mol. The van der Waals surface area contributed by atoms with Crippen LogP contribution in [0.3, 0.4) is 0 Å². The van der Waals surface area contributed by atoms with Gasteiger partial charge in [-0.05, 0) is 25.4 Å². The number of hydrogen-bond donors (Lipinski definition) is 1. The van der Waals surface area contributed by atoms with E-state index in [1.165, 1.54) is 11.5 Å². The smallest absolute Gasteiger partial charge is 0.268 e. The first kappa shape index (κ1) is 14.4. The van der Waals surface area contributed by atoms with Crippen LogP contribution in [0.15, 0.2) is 0 Å². The van der Waals surface area contributed by atoms with Crippen LogP contribution in [-0.4, -0.2) is 45.6 Å². The summed E-state index contributed by atoms with van der Waals surface area (Å²) in [6.45, 7) is 12.0. The summed E-state index contributed by atoms with van der Waals surface area (Å²) >= 11 is 1.21. The second-order valence-corrected chi connectivity index (χ2v) is 7.02. The third kappa shape index (κ3) is 2.79. The molecule has 0 bridgehead atoms. The molecule has 106 valence electrons. The number of rotatable bonds is 1. The number of aromatic nitrogens is 2. The van der Waals surface area contributed by atoms with E-state index in [2.05, 4.69) is 49.5 Å². The lowest BCUT2D eigenvalue weighted by atomic mass is 9.91. The van der Waals surface area contributed by atoms with E-state index in [1.54, 1.807) is 0 Å². The van der Waals surface area contributed by atoms with Crippen molar-refractivity contribution < 1.29 is 4.79 Å². The lowest BCUT2D eigenvalue weighted by Crippen LogP contribution is -2.57. The monoisotopic (exact) mass is 282 g/mol. The van der Waals surface area contributed by atoms with Crippen molar-refractivity contribution in [3.05, 3.63) is 10.6 Å². The second-order valence-electron chi connectivity index (χ2n) is 6.27. The molecule has 1 aromatic heterocycles. The number of hydrogen-bond acceptors (Lipinski definition) is 5. The van der Waals surface area contributed by atoms with Crippen molar-refractivity contribution in [2.75, 3.05) is 13.1 Å². The minimum Gasteiger partial charge on any atom is -0.330 e. The summed E-state index contributed by atoms with van der Waals surface area (Å²) in [5, 5.41) is 7.50. The maximum Gasteiger partial charge on any atom is 0.268 e. The summed E-state index contributed by atoms with van der Waals surface area (Å²) in [5.41, 5.74) is 0.652. The Bertz CT molecular complexity index is 455. The lowest BCUT2D eigenvalue weighted by Gasteiger charge is -2.39. The number of carbonyl (C=O) groups is 1. The molecule has 0 radical (unpaired) electrons. The minimum atomic E-state index is -0.154. The Morgan fingerprint density at radius 1 is 1.32 bits per heavy atom. The molecule has 2 rings (SSSR count). The first-order valence-electron chi connectivity index (χ1n) is 6.68. The van der Waals surface area contributed by atoms with Crippen LogP contribution in [0, 0.1) is 0 Å². The molecule has 19 heavy (non-hydrogen) atoms. The first-order valence-corrected chi connectivity index (χ1v) is 7.46. The number of amides is 1. The standard InChI is InChI=1S/C13H22N4OS/c1-8-6-14-7-9(2)17(8)12(18)10-11(13(3,4)5)15-16-19-10/h8-9,14H,6-7H2,1-5H3. The molecule has 1 N–H and O–H groups in total. The van der Waals surface area contributed by atoms with Gasteiger partial charge in [-0.2, -0.15) is 0 Å². The Balaban J connectivity index is 2.31. The first-order chi connectivity index (χ1) is 8.82.